The minimum atomic E-state index is -0.646. The molecule has 1 atom stereocenters. The molecule has 0 amide bonds. The fourth-order valence-corrected chi connectivity index (χ4v) is 1.72. The summed E-state index contributed by atoms with van der Waals surface area (Å²) < 4.78 is 14.1. The number of rotatable bonds is 3. The summed E-state index contributed by atoms with van der Waals surface area (Å²) in [5, 5.41) is 23.2. The summed E-state index contributed by atoms with van der Waals surface area (Å²) in [5.41, 5.74) is 0.759. The maximum atomic E-state index is 5.20. The van der Waals surface area contributed by atoms with Crippen molar-refractivity contribution in [3.05, 3.63) is 30.4 Å². The van der Waals surface area contributed by atoms with Gasteiger partial charge in [-0.1, -0.05) is 15.4 Å². The van der Waals surface area contributed by atoms with Crippen molar-refractivity contribution >= 4 is 11.5 Å². The van der Waals surface area contributed by atoms with Crippen molar-refractivity contribution in [3.8, 4) is 0 Å². The smallest absolute Gasteiger partial charge is 0.230 e. The van der Waals surface area contributed by atoms with Crippen LogP contribution in [0.3, 0.4) is 0 Å². The fourth-order valence-electron chi connectivity index (χ4n) is 1.72. The van der Waals surface area contributed by atoms with E-state index in [-0.39, 0.29) is 5.82 Å². The Hall–Kier alpha value is -3.31. The van der Waals surface area contributed by atoms with Crippen LogP contribution in [0.5, 0.6) is 0 Å². The van der Waals surface area contributed by atoms with E-state index in [0.717, 1.165) is 0 Å². The molecule has 20 heavy (non-hydrogen) atoms. The topological polar surface area (TPSA) is 142 Å². The van der Waals surface area contributed by atoms with E-state index in [9.17, 15) is 0 Å². The van der Waals surface area contributed by atoms with Gasteiger partial charge in [-0.25, -0.2) is 0 Å². The van der Waals surface area contributed by atoms with Gasteiger partial charge < -0.3 is 13.6 Å². The zero-order valence-electron chi connectivity index (χ0n) is 9.52. The van der Waals surface area contributed by atoms with E-state index in [4.69, 9.17) is 14.0 Å². The van der Waals surface area contributed by atoms with Crippen LogP contribution < -0.4 is 5.06 Å². The molecule has 4 heterocycles. The summed E-state index contributed by atoms with van der Waals surface area (Å²) in [6.45, 7) is 0. The Morgan fingerprint density at radius 3 is 2.65 bits per heavy atom. The van der Waals surface area contributed by atoms with E-state index in [1.165, 1.54) is 24.0 Å². The average molecular weight is 276 g/mol. The highest BCUT2D eigenvalue weighted by molar-refractivity contribution is 6.04. The highest BCUT2D eigenvalue weighted by Gasteiger charge is 2.41. The normalized spacial score (nSPS) is 18.1. The van der Waals surface area contributed by atoms with Crippen LogP contribution in [0.2, 0.25) is 0 Å². The Labute approximate surface area is 108 Å². The molecular weight excluding hydrogens is 272 g/mol. The molecule has 12 heteroatoms. The largest absolute Gasteiger partial charge is 0.345 e. The number of hydrogen-bond donors (Lipinski definition) is 0. The molecule has 3 aromatic heterocycles. The van der Waals surface area contributed by atoms with Gasteiger partial charge in [0.05, 0.1) is 0 Å². The number of anilines is 1. The molecule has 1 unspecified atom stereocenters. The van der Waals surface area contributed by atoms with Gasteiger partial charge in [-0.2, -0.15) is 4.98 Å². The van der Waals surface area contributed by atoms with Crippen LogP contribution in [0.1, 0.15) is 17.6 Å². The van der Waals surface area contributed by atoms with E-state index in [0.29, 0.717) is 17.2 Å². The maximum absolute atomic E-state index is 5.20. The molecule has 1 aliphatic rings. The van der Waals surface area contributed by atoms with E-state index >= 15 is 0 Å². The highest BCUT2D eigenvalue weighted by atomic mass is 16.8. The third-order valence-electron chi connectivity index (χ3n) is 2.54. The fraction of sp³-hybridized carbons (Fsp3) is 0.125. The van der Waals surface area contributed by atoms with Gasteiger partial charge in [0.15, 0.2) is 24.3 Å². The van der Waals surface area contributed by atoms with Crippen molar-refractivity contribution in [2.24, 2.45) is 5.16 Å². The van der Waals surface area contributed by atoms with Gasteiger partial charge in [-0.15, -0.1) is 10.2 Å². The molecule has 1 aliphatic heterocycles. The van der Waals surface area contributed by atoms with Crippen LogP contribution in [0.4, 0.5) is 5.82 Å². The molecule has 0 radical (unpaired) electrons. The van der Waals surface area contributed by atoms with Crippen molar-refractivity contribution in [1.82, 2.24) is 30.9 Å². The summed E-state index contributed by atoms with van der Waals surface area (Å²) in [7, 11) is 0. The van der Waals surface area contributed by atoms with Crippen LogP contribution in [0.25, 0.3) is 0 Å². The van der Waals surface area contributed by atoms with Gasteiger partial charge in [0, 0.05) is 10.5 Å². The van der Waals surface area contributed by atoms with Crippen LogP contribution in [-0.2, 0) is 4.94 Å². The molecule has 0 N–H and O–H groups in total. The van der Waals surface area contributed by atoms with Crippen molar-refractivity contribution in [2.45, 2.75) is 6.04 Å². The highest BCUT2D eigenvalue weighted by Crippen LogP contribution is 2.32. The zero-order valence-corrected chi connectivity index (χ0v) is 9.52. The predicted molar refractivity (Wildman–Crippen MR) is 55.7 cm³/mol. The van der Waals surface area contributed by atoms with Crippen molar-refractivity contribution in [1.29, 1.82) is 0 Å². The van der Waals surface area contributed by atoms with Gasteiger partial charge in [-0.05, 0) is 0 Å². The standard InChI is InChI=1S/C8H4N8O4/c1-4(10-14-17-1)6-7(8-9-3-19-13-8)16(20-12-6)5-2-18-15-11-5/h1-3,7H. The van der Waals surface area contributed by atoms with Crippen molar-refractivity contribution in [3.63, 3.8) is 0 Å². The second-order valence-electron chi connectivity index (χ2n) is 3.63. The van der Waals surface area contributed by atoms with Crippen LogP contribution >= 0.6 is 0 Å². The van der Waals surface area contributed by atoms with E-state index in [1.807, 2.05) is 0 Å². The molecule has 12 nitrogen and oxygen atoms in total. The van der Waals surface area contributed by atoms with E-state index in [1.54, 1.807) is 0 Å². The van der Waals surface area contributed by atoms with Crippen molar-refractivity contribution in [2.75, 3.05) is 5.06 Å². The molecule has 0 saturated heterocycles. The molecular formula is C8H4N8O4. The summed E-state index contributed by atoms with van der Waals surface area (Å²) in [6, 6.07) is -0.646. The third-order valence-corrected chi connectivity index (χ3v) is 2.54. The first kappa shape index (κ1) is 10.6. The van der Waals surface area contributed by atoms with E-state index in [2.05, 4.69) is 40.6 Å². The molecule has 0 spiro atoms. The predicted octanol–water partition coefficient (Wildman–Crippen LogP) is -0.267. The average Bonchev–Trinajstić information content (AvgIpc) is 3.23. The van der Waals surface area contributed by atoms with Gasteiger partial charge in [0.1, 0.15) is 5.71 Å². The van der Waals surface area contributed by atoms with Gasteiger partial charge >= 0.3 is 0 Å². The lowest BCUT2D eigenvalue weighted by molar-refractivity contribution is 0.127. The molecule has 3 aromatic rings. The first-order chi connectivity index (χ1) is 9.93. The lowest BCUT2D eigenvalue weighted by atomic mass is 10.1. The third kappa shape index (κ3) is 1.51. The first-order valence-electron chi connectivity index (χ1n) is 5.28. The molecule has 0 fully saturated rings. The lowest BCUT2D eigenvalue weighted by Crippen LogP contribution is -2.29. The lowest BCUT2D eigenvalue weighted by Gasteiger charge is -2.16. The minimum absolute atomic E-state index is 0.287. The summed E-state index contributed by atoms with van der Waals surface area (Å²) >= 11 is 0. The molecule has 100 valence electrons. The number of hydroxylamine groups is 1. The molecule has 4 rings (SSSR count). The van der Waals surface area contributed by atoms with Crippen molar-refractivity contribution < 1.29 is 18.5 Å². The second kappa shape index (κ2) is 4.11. The Morgan fingerprint density at radius 1 is 1.05 bits per heavy atom. The molecule has 0 aliphatic carbocycles. The molecule has 0 saturated carbocycles. The Balaban J connectivity index is 1.78. The van der Waals surface area contributed by atoms with Crippen LogP contribution in [-0.4, -0.2) is 36.6 Å². The monoisotopic (exact) mass is 276 g/mol. The minimum Gasteiger partial charge on any atom is -0.345 e. The molecule has 0 bridgehead atoms. The number of nitrogens with zero attached hydrogens (tertiary/aromatic N) is 8. The van der Waals surface area contributed by atoms with Gasteiger partial charge in [0.2, 0.25) is 18.0 Å². The molecule has 0 aromatic carbocycles. The Bertz CT molecular complexity index is 706. The zero-order chi connectivity index (χ0) is 13.4. The SMILES string of the molecule is c1nc(C2C(c3conn3)=NON2c2conn2)no1. The van der Waals surface area contributed by atoms with E-state index < -0.39 is 6.04 Å². The summed E-state index contributed by atoms with van der Waals surface area (Å²) in [5.74, 6) is 0.585. The van der Waals surface area contributed by atoms with Crippen LogP contribution in [0.15, 0.2) is 37.6 Å². The number of aromatic nitrogens is 6. The Morgan fingerprint density at radius 2 is 1.95 bits per heavy atom. The van der Waals surface area contributed by atoms with Crippen LogP contribution in [0, 0.1) is 0 Å². The number of oxime groups is 1. The quantitative estimate of drug-likeness (QED) is 0.623. The second-order valence-corrected chi connectivity index (χ2v) is 3.63. The summed E-state index contributed by atoms with van der Waals surface area (Å²) in [4.78, 5) is 9.18. The maximum Gasteiger partial charge on any atom is 0.230 e. The van der Waals surface area contributed by atoms with Gasteiger partial charge in [-0.3, -0.25) is 4.94 Å². The Kier molecular flexibility index (Phi) is 2.18. The first-order valence-corrected chi connectivity index (χ1v) is 5.28. The summed E-state index contributed by atoms with van der Waals surface area (Å²) in [6.07, 6.45) is 3.79. The number of hydrogen-bond acceptors (Lipinski definition) is 12. The van der Waals surface area contributed by atoms with Gasteiger partial charge in [0.25, 0.3) is 0 Å².